The Morgan fingerprint density at radius 2 is 1.86 bits per heavy atom. The van der Waals surface area contributed by atoms with Crippen molar-refractivity contribution in [1.29, 1.82) is 0 Å². The predicted molar refractivity (Wildman–Crippen MR) is 102 cm³/mol. The van der Waals surface area contributed by atoms with Crippen molar-refractivity contribution in [2.24, 2.45) is 17.8 Å². The first-order chi connectivity index (χ1) is 13.2. The molecule has 4 atom stereocenters. The summed E-state index contributed by atoms with van der Waals surface area (Å²) in [5.41, 5.74) is 0.408. The van der Waals surface area contributed by atoms with Gasteiger partial charge in [-0.1, -0.05) is 12.1 Å². The molecule has 3 rings (SSSR count). The summed E-state index contributed by atoms with van der Waals surface area (Å²) in [5.74, 6) is -0.686. The topological polar surface area (TPSA) is 96.3 Å². The zero-order chi connectivity index (χ0) is 20.5. The molecule has 1 aliphatic heterocycles. The highest BCUT2D eigenvalue weighted by molar-refractivity contribution is 5.74. The summed E-state index contributed by atoms with van der Waals surface area (Å²) in [4.78, 5) is 26.1. The van der Waals surface area contributed by atoms with Crippen LogP contribution in [0.4, 0.5) is 4.79 Å². The van der Waals surface area contributed by atoms with Crippen LogP contribution in [-0.2, 0) is 9.53 Å². The Labute approximate surface area is 165 Å². The van der Waals surface area contributed by atoms with Gasteiger partial charge in [0.2, 0.25) is 0 Å². The van der Waals surface area contributed by atoms with E-state index in [1.54, 1.807) is 4.90 Å². The van der Waals surface area contributed by atoms with Gasteiger partial charge in [-0.05, 0) is 62.6 Å². The van der Waals surface area contributed by atoms with Crippen molar-refractivity contribution in [3.63, 3.8) is 0 Å². The molecule has 1 amide bonds. The van der Waals surface area contributed by atoms with Crippen molar-refractivity contribution in [3.8, 4) is 5.75 Å². The van der Waals surface area contributed by atoms with Crippen LogP contribution in [0.5, 0.6) is 5.75 Å². The predicted octanol–water partition coefficient (Wildman–Crippen LogP) is 2.73. The molecule has 7 nitrogen and oxygen atoms in total. The summed E-state index contributed by atoms with van der Waals surface area (Å²) in [6, 6.07) is 7.43. The summed E-state index contributed by atoms with van der Waals surface area (Å²) in [5, 5.41) is 18.7. The minimum Gasteiger partial charge on any atom is -0.491 e. The number of aliphatic hydroxyl groups excluding tert-OH is 1. The third-order valence-corrected chi connectivity index (χ3v) is 5.55. The van der Waals surface area contributed by atoms with Crippen molar-refractivity contribution in [1.82, 2.24) is 4.90 Å². The van der Waals surface area contributed by atoms with Crippen molar-refractivity contribution in [3.05, 3.63) is 29.8 Å². The van der Waals surface area contributed by atoms with E-state index in [1.807, 2.05) is 45.0 Å². The van der Waals surface area contributed by atoms with Crippen LogP contribution in [0.15, 0.2) is 24.3 Å². The van der Waals surface area contributed by atoms with E-state index in [9.17, 15) is 14.7 Å². The number of benzene rings is 1. The molecule has 2 fully saturated rings. The number of hydrogen-bond acceptors (Lipinski definition) is 5. The lowest BCUT2D eigenvalue weighted by Gasteiger charge is -2.26. The molecule has 1 aliphatic carbocycles. The van der Waals surface area contributed by atoms with E-state index in [0.717, 1.165) is 12.0 Å². The second kappa shape index (κ2) is 7.99. The van der Waals surface area contributed by atoms with Crippen LogP contribution < -0.4 is 4.74 Å². The zero-order valence-electron chi connectivity index (χ0n) is 16.6. The van der Waals surface area contributed by atoms with Gasteiger partial charge in [0.05, 0.1) is 12.5 Å². The van der Waals surface area contributed by atoms with Gasteiger partial charge in [-0.3, -0.25) is 4.79 Å². The van der Waals surface area contributed by atoms with Crippen molar-refractivity contribution >= 4 is 12.1 Å². The average molecular weight is 391 g/mol. The van der Waals surface area contributed by atoms with E-state index in [-0.39, 0.29) is 37.1 Å². The number of carboxylic acid groups (broad SMARTS) is 1. The normalized spacial score (nSPS) is 26.8. The minimum absolute atomic E-state index is 0.0526. The number of fused-ring (bicyclic) bond motifs is 1. The van der Waals surface area contributed by atoms with Gasteiger partial charge in [0.25, 0.3) is 0 Å². The van der Waals surface area contributed by atoms with Crippen LogP contribution in [0.25, 0.3) is 0 Å². The maximum absolute atomic E-state index is 12.4. The summed E-state index contributed by atoms with van der Waals surface area (Å²) in [6.45, 7) is 6.61. The van der Waals surface area contributed by atoms with Gasteiger partial charge in [0.15, 0.2) is 0 Å². The van der Waals surface area contributed by atoms with Crippen LogP contribution in [-0.4, -0.2) is 59.1 Å². The molecule has 7 heteroatoms. The highest BCUT2D eigenvalue weighted by atomic mass is 16.6. The van der Waals surface area contributed by atoms with Crippen LogP contribution in [0.3, 0.4) is 0 Å². The second-order valence-electron chi connectivity index (χ2n) is 8.66. The molecule has 0 spiro atoms. The lowest BCUT2D eigenvalue weighted by Crippen LogP contribution is -2.37. The van der Waals surface area contributed by atoms with Gasteiger partial charge in [0.1, 0.15) is 18.0 Å². The third-order valence-electron chi connectivity index (χ3n) is 5.55. The second-order valence-corrected chi connectivity index (χ2v) is 8.66. The van der Waals surface area contributed by atoms with E-state index < -0.39 is 17.5 Å². The van der Waals surface area contributed by atoms with Crippen molar-refractivity contribution in [2.75, 3.05) is 26.3 Å². The number of carboxylic acids is 1. The maximum Gasteiger partial charge on any atom is 0.410 e. The van der Waals surface area contributed by atoms with Crippen LogP contribution >= 0.6 is 0 Å². The van der Waals surface area contributed by atoms with Gasteiger partial charge in [-0.25, -0.2) is 4.79 Å². The Morgan fingerprint density at radius 1 is 1.18 bits per heavy atom. The Kier molecular flexibility index (Phi) is 5.84. The number of aliphatic hydroxyl groups is 1. The summed E-state index contributed by atoms with van der Waals surface area (Å²) in [7, 11) is 0. The summed E-state index contributed by atoms with van der Waals surface area (Å²) in [6.07, 6.45) is 0.366. The number of carbonyl (C=O) groups excluding carboxylic acids is 1. The maximum atomic E-state index is 12.4. The molecular weight excluding hydrogens is 362 g/mol. The quantitative estimate of drug-likeness (QED) is 0.801. The Hall–Kier alpha value is -2.28. The summed E-state index contributed by atoms with van der Waals surface area (Å²) < 4.78 is 10.8. The van der Waals surface area contributed by atoms with E-state index >= 15 is 0 Å². The van der Waals surface area contributed by atoms with Crippen molar-refractivity contribution < 1.29 is 29.3 Å². The smallest absolute Gasteiger partial charge is 0.410 e. The van der Waals surface area contributed by atoms with Crippen LogP contribution in [0.1, 0.15) is 38.7 Å². The Morgan fingerprint density at radius 3 is 2.43 bits per heavy atom. The van der Waals surface area contributed by atoms with Gasteiger partial charge >= 0.3 is 12.1 Å². The summed E-state index contributed by atoms with van der Waals surface area (Å²) >= 11 is 0. The molecular formula is C21H29NO6. The van der Waals surface area contributed by atoms with E-state index in [2.05, 4.69) is 0 Å². The molecule has 0 aromatic heterocycles. The molecule has 1 heterocycles. The molecule has 1 aromatic rings. The highest BCUT2D eigenvalue weighted by Crippen LogP contribution is 2.51. The standard InChI is InChI=1S/C21H29NO6/c1-21(2,3)28-20(26)22-11-14-10-16(18(19(24)25)17(14)12-22)13-4-6-15(7-5-13)27-9-8-23/h4-7,14,16-18,23H,8-12H2,1-3H3,(H,24,25)/t14-,16?,17?,18?/m1/s1. The Balaban J connectivity index is 1.71. The first-order valence-electron chi connectivity index (χ1n) is 9.74. The molecule has 2 aliphatic rings. The van der Waals surface area contributed by atoms with E-state index in [4.69, 9.17) is 14.6 Å². The molecule has 28 heavy (non-hydrogen) atoms. The largest absolute Gasteiger partial charge is 0.491 e. The van der Waals surface area contributed by atoms with Gasteiger partial charge in [-0.2, -0.15) is 0 Å². The van der Waals surface area contributed by atoms with Gasteiger partial charge < -0.3 is 24.6 Å². The molecule has 1 aromatic carbocycles. The Bertz CT molecular complexity index is 711. The first kappa shape index (κ1) is 20.5. The van der Waals surface area contributed by atoms with Crippen LogP contribution in [0, 0.1) is 17.8 Å². The molecule has 1 saturated carbocycles. The number of amides is 1. The number of likely N-dealkylation sites (tertiary alicyclic amines) is 1. The van der Waals surface area contributed by atoms with Crippen molar-refractivity contribution in [2.45, 2.75) is 38.7 Å². The first-order valence-corrected chi connectivity index (χ1v) is 9.74. The zero-order valence-corrected chi connectivity index (χ0v) is 16.6. The fourth-order valence-corrected chi connectivity index (χ4v) is 4.47. The minimum atomic E-state index is -0.816. The van der Waals surface area contributed by atoms with E-state index in [1.165, 1.54) is 0 Å². The third kappa shape index (κ3) is 4.41. The monoisotopic (exact) mass is 391 g/mol. The fourth-order valence-electron chi connectivity index (χ4n) is 4.47. The molecule has 0 radical (unpaired) electrons. The number of carbonyl (C=O) groups is 2. The number of hydrogen-bond donors (Lipinski definition) is 2. The number of aliphatic carboxylic acids is 1. The lowest BCUT2D eigenvalue weighted by molar-refractivity contribution is -0.143. The number of nitrogens with zero attached hydrogens (tertiary/aromatic N) is 1. The fraction of sp³-hybridized carbons (Fsp3) is 0.619. The van der Waals surface area contributed by atoms with Crippen LogP contribution in [0.2, 0.25) is 0 Å². The van der Waals surface area contributed by atoms with Gasteiger partial charge in [-0.15, -0.1) is 0 Å². The average Bonchev–Trinajstić information content (AvgIpc) is 3.16. The highest BCUT2D eigenvalue weighted by Gasteiger charge is 2.52. The number of ether oxygens (including phenoxy) is 2. The molecule has 0 bridgehead atoms. The molecule has 1 saturated heterocycles. The SMILES string of the molecule is CC(C)(C)OC(=O)N1CC2C(C(=O)O)C(c3ccc(OCCO)cc3)C[C@@H]2C1. The number of rotatable bonds is 5. The molecule has 3 unspecified atom stereocenters. The molecule has 2 N–H and O–H groups in total. The van der Waals surface area contributed by atoms with E-state index in [0.29, 0.717) is 18.8 Å². The molecule has 154 valence electrons. The lowest BCUT2D eigenvalue weighted by atomic mass is 9.84. The van der Waals surface area contributed by atoms with Gasteiger partial charge in [0, 0.05) is 13.1 Å².